The van der Waals surface area contributed by atoms with Crippen molar-refractivity contribution in [2.45, 2.75) is 71.1 Å². The summed E-state index contributed by atoms with van der Waals surface area (Å²) in [7, 11) is 0. The highest BCUT2D eigenvalue weighted by atomic mass is 14.3. The van der Waals surface area contributed by atoms with Crippen LogP contribution >= 0.6 is 0 Å². The molecule has 0 spiro atoms. The lowest BCUT2D eigenvalue weighted by Crippen LogP contribution is -2.25. The quantitative estimate of drug-likeness (QED) is 0.538. The van der Waals surface area contributed by atoms with Crippen molar-refractivity contribution in [3.05, 3.63) is 47.5 Å². The first-order chi connectivity index (χ1) is 13.3. The Bertz CT molecular complexity index is 693. The monoisotopic (exact) mass is 359 g/mol. The van der Waals surface area contributed by atoms with E-state index in [-0.39, 0.29) is 0 Å². The van der Waals surface area contributed by atoms with Gasteiger partial charge in [-0.05, 0) is 92.5 Å². The number of benzene rings is 1. The van der Waals surface area contributed by atoms with E-state index in [1.54, 1.807) is 0 Å². The molecule has 3 rings (SSSR count). The van der Waals surface area contributed by atoms with Crippen molar-refractivity contribution in [2.24, 2.45) is 23.7 Å². The van der Waals surface area contributed by atoms with E-state index in [1.165, 1.54) is 64.2 Å². The molecule has 2 aliphatic rings. The van der Waals surface area contributed by atoms with Gasteiger partial charge in [-0.3, -0.25) is 0 Å². The summed E-state index contributed by atoms with van der Waals surface area (Å²) in [6, 6.07) is 9.62. The molecular weight excluding hydrogens is 326 g/mol. The van der Waals surface area contributed by atoms with Gasteiger partial charge in [0.15, 0.2) is 0 Å². The molecular formula is C26H33N. The number of hydrogen-bond donors (Lipinski definition) is 0. The van der Waals surface area contributed by atoms with E-state index >= 15 is 0 Å². The molecule has 1 heteroatoms. The minimum absolute atomic E-state index is 0.687. The van der Waals surface area contributed by atoms with Gasteiger partial charge in [0.1, 0.15) is 0 Å². The highest BCUT2D eigenvalue weighted by molar-refractivity contribution is 5.41. The predicted molar refractivity (Wildman–Crippen MR) is 113 cm³/mol. The van der Waals surface area contributed by atoms with E-state index < -0.39 is 0 Å². The highest BCUT2D eigenvalue weighted by Crippen LogP contribution is 2.42. The Morgan fingerprint density at radius 1 is 0.889 bits per heavy atom. The molecule has 27 heavy (non-hydrogen) atoms. The first-order valence-corrected chi connectivity index (χ1v) is 11.0. The molecule has 0 radical (unpaired) electrons. The van der Waals surface area contributed by atoms with Crippen LogP contribution in [0.3, 0.4) is 0 Å². The van der Waals surface area contributed by atoms with E-state index in [9.17, 15) is 0 Å². The van der Waals surface area contributed by atoms with Gasteiger partial charge >= 0.3 is 0 Å². The number of rotatable bonds is 4. The molecule has 0 N–H and O–H groups in total. The van der Waals surface area contributed by atoms with Crippen LogP contribution in [0.1, 0.15) is 82.3 Å². The fraction of sp³-hybridized carbons (Fsp3) is 0.577. The molecule has 0 unspecified atom stereocenters. The van der Waals surface area contributed by atoms with Gasteiger partial charge < -0.3 is 0 Å². The Labute approximate surface area is 165 Å². The van der Waals surface area contributed by atoms with Crippen LogP contribution in [0.4, 0.5) is 0 Å². The van der Waals surface area contributed by atoms with E-state index in [2.05, 4.69) is 30.9 Å². The van der Waals surface area contributed by atoms with Crippen LogP contribution in [-0.4, -0.2) is 0 Å². The summed E-state index contributed by atoms with van der Waals surface area (Å²) in [5.41, 5.74) is 1.66. The van der Waals surface area contributed by atoms with Gasteiger partial charge in [-0.1, -0.05) is 50.5 Å². The van der Waals surface area contributed by atoms with Gasteiger partial charge in [0.25, 0.3) is 0 Å². The molecule has 1 nitrogen and oxygen atoms in total. The van der Waals surface area contributed by atoms with Gasteiger partial charge in [-0.15, -0.1) is 0 Å². The summed E-state index contributed by atoms with van der Waals surface area (Å²) >= 11 is 0. The maximum atomic E-state index is 8.82. The van der Waals surface area contributed by atoms with E-state index in [4.69, 9.17) is 5.26 Å². The van der Waals surface area contributed by atoms with Crippen molar-refractivity contribution in [3.8, 4) is 17.9 Å². The van der Waals surface area contributed by atoms with Crippen molar-refractivity contribution < 1.29 is 0 Å². The zero-order valence-electron chi connectivity index (χ0n) is 16.8. The van der Waals surface area contributed by atoms with Crippen LogP contribution in [0.2, 0.25) is 0 Å². The Hall–Kier alpha value is -1.99. The van der Waals surface area contributed by atoms with Crippen molar-refractivity contribution in [3.63, 3.8) is 0 Å². The second kappa shape index (κ2) is 10.4. The van der Waals surface area contributed by atoms with Crippen molar-refractivity contribution >= 4 is 0 Å². The summed E-state index contributed by atoms with van der Waals surface area (Å²) in [5, 5.41) is 8.82. The molecule has 0 aliphatic heterocycles. The average molecular weight is 360 g/mol. The van der Waals surface area contributed by atoms with E-state index in [0.717, 1.165) is 23.3 Å². The molecule has 0 bridgehead atoms. The smallest absolute Gasteiger partial charge is 0.0991 e. The SMILES string of the molecule is CCCC1CCC(C2CCC(/C=C/C#Cc3ccc(C#N)cc3)CC2)CC1. The third-order valence-corrected chi connectivity index (χ3v) is 6.75. The van der Waals surface area contributed by atoms with Crippen molar-refractivity contribution in [1.82, 2.24) is 0 Å². The molecule has 0 atom stereocenters. The molecule has 142 valence electrons. The zero-order chi connectivity index (χ0) is 18.9. The maximum Gasteiger partial charge on any atom is 0.0991 e. The first-order valence-electron chi connectivity index (χ1n) is 11.0. The fourth-order valence-corrected chi connectivity index (χ4v) is 5.10. The van der Waals surface area contributed by atoms with Gasteiger partial charge in [0.05, 0.1) is 11.6 Å². The first kappa shape index (κ1) is 19.8. The molecule has 0 saturated heterocycles. The van der Waals surface area contributed by atoms with Gasteiger partial charge in [0.2, 0.25) is 0 Å². The topological polar surface area (TPSA) is 23.8 Å². The minimum Gasteiger partial charge on any atom is -0.192 e. The summed E-state index contributed by atoms with van der Waals surface area (Å²) < 4.78 is 0. The van der Waals surface area contributed by atoms with Crippen molar-refractivity contribution in [1.29, 1.82) is 5.26 Å². The average Bonchev–Trinajstić information content (AvgIpc) is 2.73. The van der Waals surface area contributed by atoms with Crippen LogP contribution in [0.15, 0.2) is 36.4 Å². The predicted octanol–water partition coefficient (Wildman–Crippen LogP) is 6.88. The van der Waals surface area contributed by atoms with Crippen LogP contribution in [0, 0.1) is 46.8 Å². The standard InChI is InChI=1S/C26H33N/c1-2-5-21-12-16-25(17-13-21)26-18-14-23(15-19-26)7-4-3-6-22-8-10-24(20-27)11-9-22/h4,7-11,21,23,25-26H,2,5,12-19H2,1H3/b7-4+. The summed E-state index contributed by atoms with van der Waals surface area (Å²) in [6.07, 6.45) is 18.7. The number of nitriles is 1. The lowest BCUT2D eigenvalue weighted by molar-refractivity contribution is 0.152. The van der Waals surface area contributed by atoms with E-state index in [1.807, 2.05) is 30.3 Å². The van der Waals surface area contributed by atoms with Gasteiger partial charge in [0, 0.05) is 5.56 Å². The summed E-state index contributed by atoms with van der Waals surface area (Å²) in [6.45, 7) is 2.33. The molecule has 1 aromatic carbocycles. The van der Waals surface area contributed by atoms with Crippen LogP contribution in [0.25, 0.3) is 0 Å². The van der Waals surface area contributed by atoms with Crippen LogP contribution < -0.4 is 0 Å². The zero-order valence-corrected chi connectivity index (χ0v) is 16.8. The molecule has 0 heterocycles. The molecule has 1 aromatic rings. The van der Waals surface area contributed by atoms with Gasteiger partial charge in [-0.2, -0.15) is 5.26 Å². The van der Waals surface area contributed by atoms with Crippen molar-refractivity contribution in [2.75, 3.05) is 0 Å². The maximum absolute atomic E-state index is 8.82. The third kappa shape index (κ3) is 6.01. The Balaban J connectivity index is 1.40. The number of hydrogen-bond acceptors (Lipinski definition) is 1. The summed E-state index contributed by atoms with van der Waals surface area (Å²) in [5.74, 6) is 10.1. The Kier molecular flexibility index (Phi) is 7.59. The highest BCUT2D eigenvalue weighted by Gasteiger charge is 2.29. The molecule has 2 aliphatic carbocycles. The minimum atomic E-state index is 0.687. The van der Waals surface area contributed by atoms with Crippen LogP contribution in [-0.2, 0) is 0 Å². The molecule has 2 saturated carbocycles. The van der Waals surface area contributed by atoms with Gasteiger partial charge in [-0.25, -0.2) is 0 Å². The lowest BCUT2D eigenvalue weighted by Gasteiger charge is -2.37. The van der Waals surface area contributed by atoms with Crippen LogP contribution in [0.5, 0.6) is 0 Å². The second-order valence-corrected chi connectivity index (χ2v) is 8.56. The molecule has 2 fully saturated rings. The second-order valence-electron chi connectivity index (χ2n) is 8.56. The third-order valence-electron chi connectivity index (χ3n) is 6.75. The Morgan fingerprint density at radius 2 is 1.48 bits per heavy atom. The Morgan fingerprint density at radius 3 is 2.07 bits per heavy atom. The van der Waals surface area contributed by atoms with E-state index in [0.29, 0.717) is 11.5 Å². The summed E-state index contributed by atoms with van der Waals surface area (Å²) in [4.78, 5) is 0. The fourth-order valence-electron chi connectivity index (χ4n) is 5.10. The molecule has 0 aromatic heterocycles. The lowest BCUT2D eigenvalue weighted by atomic mass is 9.69. The normalized spacial score (nSPS) is 28.3. The number of nitrogens with zero attached hydrogens (tertiary/aromatic N) is 1. The largest absolute Gasteiger partial charge is 0.192 e. The molecule has 0 amide bonds. The number of allylic oxidation sites excluding steroid dienone is 2.